The van der Waals surface area contributed by atoms with Crippen LogP contribution >= 0.6 is 0 Å². The molecule has 0 heterocycles. The van der Waals surface area contributed by atoms with Gasteiger partial charge in [-0.2, -0.15) is 0 Å². The molecule has 0 aromatic carbocycles. The van der Waals surface area contributed by atoms with Crippen LogP contribution < -0.4 is 0 Å². The molecule has 0 aromatic heterocycles. The molecule has 0 amide bonds. The maximum absolute atomic E-state index is 2.33. The van der Waals surface area contributed by atoms with E-state index in [-0.39, 0.29) is 23.9 Å². The minimum absolute atomic E-state index is 0. The molecule has 0 aliphatic heterocycles. The van der Waals surface area contributed by atoms with Gasteiger partial charge in [0.1, 0.15) is 0 Å². The Balaban J connectivity index is 0. The van der Waals surface area contributed by atoms with Gasteiger partial charge in [0.05, 0.1) is 0 Å². The quantitative estimate of drug-likeness (QED) is 0.655. The van der Waals surface area contributed by atoms with Crippen LogP contribution in [0.25, 0.3) is 0 Å². The van der Waals surface area contributed by atoms with Gasteiger partial charge in [-0.3, -0.25) is 0 Å². The van der Waals surface area contributed by atoms with Crippen molar-refractivity contribution >= 4 is 23.9 Å². The zero-order chi connectivity index (χ0) is 6.41. The van der Waals surface area contributed by atoms with E-state index in [1.807, 2.05) is 0 Å². The van der Waals surface area contributed by atoms with Gasteiger partial charge in [0.2, 0.25) is 0 Å². The van der Waals surface area contributed by atoms with Crippen LogP contribution in [-0.2, 0) is 0 Å². The fraction of sp³-hybridized carbons (Fsp3) is 1.00. The predicted octanol–water partition coefficient (Wildman–Crippen LogP) is 2.84. The van der Waals surface area contributed by atoms with Gasteiger partial charge in [-0.25, -0.2) is 0 Å². The topological polar surface area (TPSA) is 0 Å². The zero-order valence-corrected chi connectivity index (χ0v) is 9.76. The minimum atomic E-state index is 0. The maximum Gasteiger partial charge on any atom is 2.00 e. The average Bonchev–Trinajstić information content (AvgIpc) is 1.83. The Labute approximate surface area is 76.4 Å². The largest absolute Gasteiger partial charge is 2.00 e. The van der Waals surface area contributed by atoms with Crippen LogP contribution in [0, 0.1) is 5.92 Å². The molecule has 0 fully saturated rings. The van der Waals surface area contributed by atoms with E-state index in [2.05, 4.69) is 20.8 Å². The Morgan fingerprint density at radius 3 is 2.11 bits per heavy atom. The van der Waals surface area contributed by atoms with Crippen molar-refractivity contribution in [1.29, 1.82) is 0 Å². The van der Waals surface area contributed by atoms with Crippen LogP contribution in [0.15, 0.2) is 0 Å². The minimum Gasteiger partial charge on any atom is -0.0654 e. The smallest absolute Gasteiger partial charge is 0.0654 e. The van der Waals surface area contributed by atoms with Crippen molar-refractivity contribution in [3.63, 3.8) is 0 Å². The van der Waals surface area contributed by atoms with E-state index in [9.17, 15) is 0 Å². The maximum atomic E-state index is 2.33. The molecule has 0 spiro atoms. The van der Waals surface area contributed by atoms with Crippen molar-refractivity contribution in [2.75, 3.05) is 0 Å². The van der Waals surface area contributed by atoms with Crippen molar-refractivity contribution in [1.82, 2.24) is 0 Å². The Morgan fingerprint density at radius 1 is 1.22 bits per heavy atom. The normalized spacial score (nSPS) is 12.3. The summed E-state index contributed by atoms with van der Waals surface area (Å²) in [4.78, 5) is 0. The van der Waals surface area contributed by atoms with Gasteiger partial charge in [-0.05, 0) is 5.92 Å². The van der Waals surface area contributed by atoms with E-state index < -0.39 is 0 Å². The molecule has 0 N–H and O–H groups in total. The molecule has 52 valence electrons. The van der Waals surface area contributed by atoms with Crippen LogP contribution in [0.4, 0.5) is 0 Å². The first kappa shape index (κ1) is 12.5. The van der Waals surface area contributed by atoms with E-state index in [1.165, 1.54) is 25.7 Å². The van der Waals surface area contributed by atoms with Gasteiger partial charge in [0.15, 0.2) is 0 Å². The molecule has 0 aliphatic carbocycles. The van der Waals surface area contributed by atoms with Crippen LogP contribution in [0.1, 0.15) is 46.5 Å². The summed E-state index contributed by atoms with van der Waals surface area (Å²) in [5.74, 6) is 0.954. The van der Waals surface area contributed by atoms with Crippen LogP contribution in [-0.4, -0.2) is 23.9 Å². The monoisotopic (exact) mass is 234 g/mol. The Bertz CT molecular complexity index is 43.8. The summed E-state index contributed by atoms with van der Waals surface area (Å²) in [6.45, 7) is 6.85. The number of unbranched alkanes of at least 4 members (excludes halogenated alkanes) is 1. The summed E-state index contributed by atoms with van der Waals surface area (Å²) in [7, 11) is 0. The van der Waals surface area contributed by atoms with Gasteiger partial charge in [0, 0.05) is 0 Å². The first-order valence-electron chi connectivity index (χ1n) is 3.81. The SMILES string of the molecule is CCCCC(C)CC.[Sn+2]. The van der Waals surface area contributed by atoms with Crippen LogP contribution in [0.2, 0.25) is 0 Å². The molecule has 0 aliphatic rings. The number of hydrogen-bond acceptors (Lipinski definition) is 0. The van der Waals surface area contributed by atoms with Gasteiger partial charge >= 0.3 is 23.9 Å². The van der Waals surface area contributed by atoms with Crippen LogP contribution in [0.3, 0.4) is 0 Å². The molecular formula is C8H18Sn+2. The van der Waals surface area contributed by atoms with E-state index in [0.717, 1.165) is 5.92 Å². The second-order valence-electron chi connectivity index (χ2n) is 2.66. The van der Waals surface area contributed by atoms with E-state index in [0.29, 0.717) is 0 Å². The van der Waals surface area contributed by atoms with Crippen molar-refractivity contribution < 1.29 is 0 Å². The molecule has 0 aromatic rings. The van der Waals surface area contributed by atoms with Gasteiger partial charge < -0.3 is 0 Å². The third kappa shape index (κ3) is 8.80. The molecule has 0 saturated carbocycles. The summed E-state index contributed by atoms with van der Waals surface area (Å²) in [5.41, 5.74) is 0. The third-order valence-corrected chi connectivity index (χ3v) is 1.75. The number of rotatable bonds is 4. The summed E-state index contributed by atoms with van der Waals surface area (Å²) >= 11 is 0. The van der Waals surface area contributed by atoms with E-state index in [4.69, 9.17) is 0 Å². The van der Waals surface area contributed by atoms with Crippen molar-refractivity contribution in [2.45, 2.75) is 46.5 Å². The van der Waals surface area contributed by atoms with Crippen molar-refractivity contribution in [3.8, 4) is 0 Å². The summed E-state index contributed by atoms with van der Waals surface area (Å²) < 4.78 is 0. The van der Waals surface area contributed by atoms with Gasteiger partial charge in [-0.15, -0.1) is 0 Å². The molecule has 0 saturated heterocycles. The second-order valence-corrected chi connectivity index (χ2v) is 2.66. The molecule has 0 nitrogen and oxygen atoms in total. The molecule has 2 radical (unpaired) electrons. The molecule has 9 heavy (non-hydrogen) atoms. The average molecular weight is 233 g/mol. The molecule has 1 unspecified atom stereocenters. The Kier molecular flexibility index (Phi) is 12.2. The number of hydrogen-bond donors (Lipinski definition) is 0. The Morgan fingerprint density at radius 2 is 1.78 bits per heavy atom. The second kappa shape index (κ2) is 8.80. The molecular weight excluding hydrogens is 215 g/mol. The van der Waals surface area contributed by atoms with Gasteiger partial charge in [0.25, 0.3) is 0 Å². The van der Waals surface area contributed by atoms with Crippen LogP contribution in [0.5, 0.6) is 0 Å². The fourth-order valence-electron chi connectivity index (χ4n) is 0.757. The van der Waals surface area contributed by atoms with E-state index in [1.54, 1.807) is 0 Å². The first-order valence-corrected chi connectivity index (χ1v) is 3.81. The van der Waals surface area contributed by atoms with E-state index >= 15 is 0 Å². The Hall–Kier alpha value is 0.799. The summed E-state index contributed by atoms with van der Waals surface area (Å²) in [6, 6.07) is 0. The fourth-order valence-corrected chi connectivity index (χ4v) is 0.757. The zero-order valence-electron chi connectivity index (χ0n) is 6.91. The molecule has 1 atom stereocenters. The standard InChI is InChI=1S/C8H18.Sn/c1-4-6-7-8(3)5-2;/h8H,4-7H2,1-3H3;/q;+2. The molecule has 1 heteroatoms. The van der Waals surface area contributed by atoms with Crippen molar-refractivity contribution in [3.05, 3.63) is 0 Å². The van der Waals surface area contributed by atoms with Gasteiger partial charge in [-0.1, -0.05) is 46.5 Å². The summed E-state index contributed by atoms with van der Waals surface area (Å²) in [6.07, 6.45) is 5.53. The summed E-state index contributed by atoms with van der Waals surface area (Å²) in [5, 5.41) is 0. The first-order chi connectivity index (χ1) is 3.81. The van der Waals surface area contributed by atoms with Crippen molar-refractivity contribution in [2.24, 2.45) is 5.92 Å². The molecule has 0 bridgehead atoms. The predicted molar refractivity (Wildman–Crippen MR) is 44.7 cm³/mol. The third-order valence-electron chi connectivity index (χ3n) is 1.75. The molecule has 0 rings (SSSR count).